The zero-order valence-corrected chi connectivity index (χ0v) is 20.9. The highest BCUT2D eigenvalue weighted by molar-refractivity contribution is 6.32. The predicted molar refractivity (Wildman–Crippen MR) is 138 cm³/mol. The van der Waals surface area contributed by atoms with Gasteiger partial charge in [-0.25, -0.2) is 0 Å². The zero-order valence-electron chi connectivity index (χ0n) is 20.1. The Kier molecular flexibility index (Phi) is 5.69. The SMILES string of the molecule is Cc1ccc2ncc(Cl)c(CCC34CCC(NCc5ccc6c(c5)NC(=O)CO6)(CC3)CC4)c2n1. The number of carbonyl (C=O) groups excluding carboxylic acids is 1. The van der Waals surface area contributed by atoms with Crippen LogP contribution in [0.1, 0.15) is 61.8 Å². The molecule has 6 nitrogen and oxygen atoms in total. The number of nitrogens with one attached hydrogen (secondary N) is 2. The van der Waals surface area contributed by atoms with Crippen LogP contribution in [0.3, 0.4) is 0 Å². The lowest BCUT2D eigenvalue weighted by molar-refractivity contribution is -0.118. The number of halogens is 1. The average molecular weight is 491 g/mol. The van der Waals surface area contributed by atoms with Crippen LogP contribution in [0.15, 0.2) is 36.5 Å². The summed E-state index contributed by atoms with van der Waals surface area (Å²) in [5.41, 5.74) is 6.61. The molecular formula is C28H31ClN4O2. The van der Waals surface area contributed by atoms with Crippen molar-refractivity contribution in [2.45, 2.75) is 70.4 Å². The lowest BCUT2D eigenvalue weighted by atomic mass is 9.55. The van der Waals surface area contributed by atoms with E-state index in [1.165, 1.54) is 44.1 Å². The number of rotatable bonds is 6. The molecule has 0 unspecified atom stereocenters. The van der Waals surface area contributed by atoms with Gasteiger partial charge in [0.25, 0.3) is 5.91 Å². The second-order valence-electron chi connectivity index (χ2n) is 10.7. The monoisotopic (exact) mass is 490 g/mol. The number of ether oxygens (including phenoxy) is 1. The molecule has 3 heterocycles. The van der Waals surface area contributed by atoms with Gasteiger partial charge in [0.15, 0.2) is 6.61 Å². The number of anilines is 1. The molecule has 0 saturated heterocycles. The number of nitrogens with zero attached hydrogens (tertiary/aromatic N) is 2. The number of pyridine rings is 2. The molecule has 2 aromatic heterocycles. The van der Waals surface area contributed by atoms with Crippen molar-refractivity contribution in [2.24, 2.45) is 5.41 Å². The molecule has 3 saturated carbocycles. The summed E-state index contributed by atoms with van der Waals surface area (Å²) < 4.78 is 5.49. The van der Waals surface area contributed by atoms with E-state index in [0.717, 1.165) is 58.1 Å². The van der Waals surface area contributed by atoms with E-state index < -0.39 is 0 Å². The maximum Gasteiger partial charge on any atom is 0.262 e. The molecule has 1 amide bonds. The van der Waals surface area contributed by atoms with E-state index in [1.807, 2.05) is 31.2 Å². The van der Waals surface area contributed by atoms with E-state index in [0.29, 0.717) is 5.41 Å². The maximum absolute atomic E-state index is 11.7. The first-order valence-corrected chi connectivity index (χ1v) is 13.0. The van der Waals surface area contributed by atoms with Crippen molar-refractivity contribution >= 4 is 34.2 Å². The summed E-state index contributed by atoms with van der Waals surface area (Å²) in [5, 5.41) is 7.54. The number of fused-ring (bicyclic) bond motifs is 5. The maximum atomic E-state index is 11.7. The van der Waals surface area contributed by atoms with Crippen molar-refractivity contribution in [3.63, 3.8) is 0 Å². The van der Waals surface area contributed by atoms with Gasteiger partial charge >= 0.3 is 0 Å². The largest absolute Gasteiger partial charge is 0.482 e. The fourth-order valence-electron chi connectivity index (χ4n) is 6.25. The molecule has 0 radical (unpaired) electrons. The number of amides is 1. The van der Waals surface area contributed by atoms with Crippen LogP contribution >= 0.6 is 11.6 Å². The third-order valence-corrected chi connectivity index (χ3v) is 8.88. The summed E-state index contributed by atoms with van der Waals surface area (Å²) >= 11 is 6.60. The summed E-state index contributed by atoms with van der Waals surface area (Å²) in [5.74, 6) is 0.656. The molecule has 1 aliphatic heterocycles. The molecule has 3 aliphatic carbocycles. The van der Waals surface area contributed by atoms with E-state index in [2.05, 4.69) is 21.7 Å². The molecule has 7 rings (SSSR count). The summed E-state index contributed by atoms with van der Waals surface area (Å²) in [7, 11) is 0. The first-order chi connectivity index (χ1) is 16.9. The normalized spacial score (nSPS) is 25.3. The number of hydrogen-bond donors (Lipinski definition) is 2. The van der Waals surface area contributed by atoms with Gasteiger partial charge in [-0.15, -0.1) is 0 Å². The molecule has 4 aliphatic rings. The number of aryl methyl sites for hydroxylation is 2. The molecule has 3 fully saturated rings. The summed E-state index contributed by atoms with van der Waals surface area (Å²) in [4.78, 5) is 20.9. The van der Waals surface area contributed by atoms with E-state index in [4.69, 9.17) is 21.3 Å². The van der Waals surface area contributed by atoms with Gasteiger partial charge in [-0.2, -0.15) is 0 Å². The molecule has 182 valence electrons. The number of carbonyl (C=O) groups is 1. The van der Waals surface area contributed by atoms with Crippen LogP contribution < -0.4 is 15.4 Å². The molecule has 2 N–H and O–H groups in total. The Hall–Kier alpha value is -2.70. The first-order valence-electron chi connectivity index (χ1n) is 12.6. The highest BCUT2D eigenvalue weighted by atomic mass is 35.5. The van der Waals surface area contributed by atoms with E-state index in [-0.39, 0.29) is 18.1 Å². The molecule has 1 aromatic carbocycles. The topological polar surface area (TPSA) is 76.1 Å². The highest BCUT2D eigenvalue weighted by Crippen LogP contribution is 2.54. The second kappa shape index (κ2) is 8.75. The Morgan fingerprint density at radius 2 is 1.91 bits per heavy atom. The van der Waals surface area contributed by atoms with Crippen molar-refractivity contribution in [1.29, 1.82) is 0 Å². The lowest BCUT2D eigenvalue weighted by Gasteiger charge is -2.54. The standard InChI is InChI=1S/C28H31ClN4O2/c1-18-2-4-22-26(32-18)20(21(29)16-30-22)6-7-27-8-11-28(12-9-27,13-10-27)31-15-19-3-5-24-23(14-19)33-25(34)17-35-24/h2-5,14,16,31H,6-13,15,17H2,1H3,(H,33,34). The fraction of sp³-hybridized carbons (Fsp3) is 0.464. The van der Waals surface area contributed by atoms with Gasteiger partial charge < -0.3 is 15.4 Å². The average Bonchev–Trinajstić information content (AvgIpc) is 2.88. The van der Waals surface area contributed by atoms with Crippen LogP contribution in [0.5, 0.6) is 5.75 Å². The van der Waals surface area contributed by atoms with Gasteiger partial charge in [-0.3, -0.25) is 14.8 Å². The van der Waals surface area contributed by atoms with E-state index in [9.17, 15) is 4.79 Å². The summed E-state index contributed by atoms with van der Waals surface area (Å²) in [6.07, 6.45) is 11.3. The third kappa shape index (κ3) is 4.38. The Bertz CT molecular complexity index is 1280. The molecule has 7 heteroatoms. The van der Waals surface area contributed by atoms with Gasteiger partial charge in [0.1, 0.15) is 5.75 Å². The fourth-order valence-corrected chi connectivity index (χ4v) is 6.49. The zero-order chi connectivity index (χ0) is 24.0. The number of hydrogen-bond acceptors (Lipinski definition) is 5. The lowest BCUT2D eigenvalue weighted by Crippen LogP contribution is -2.54. The molecule has 35 heavy (non-hydrogen) atoms. The van der Waals surface area contributed by atoms with Gasteiger partial charge in [0.2, 0.25) is 0 Å². The predicted octanol–water partition coefficient (Wildman–Crippen LogP) is 5.74. The number of aromatic nitrogens is 2. The van der Waals surface area contributed by atoms with Crippen LogP contribution in [0.2, 0.25) is 5.02 Å². The number of benzene rings is 1. The molecule has 2 bridgehead atoms. The summed E-state index contributed by atoms with van der Waals surface area (Å²) in [6.45, 7) is 2.92. The van der Waals surface area contributed by atoms with Gasteiger partial charge in [-0.1, -0.05) is 17.7 Å². The van der Waals surface area contributed by atoms with Gasteiger partial charge in [0.05, 0.1) is 21.7 Å². The van der Waals surface area contributed by atoms with Crippen LogP contribution in [0.25, 0.3) is 11.0 Å². The van der Waals surface area contributed by atoms with Gasteiger partial charge in [0, 0.05) is 29.5 Å². The highest BCUT2D eigenvalue weighted by Gasteiger charge is 2.47. The Labute approximate surface area is 210 Å². The van der Waals surface area contributed by atoms with Crippen LogP contribution in [-0.4, -0.2) is 28.0 Å². The van der Waals surface area contributed by atoms with Gasteiger partial charge in [-0.05, 0) is 93.5 Å². The molecule has 0 atom stereocenters. The van der Waals surface area contributed by atoms with Crippen molar-refractivity contribution in [1.82, 2.24) is 15.3 Å². The minimum absolute atomic E-state index is 0.0925. The van der Waals surface area contributed by atoms with Crippen molar-refractivity contribution in [3.8, 4) is 5.75 Å². The quantitative estimate of drug-likeness (QED) is 0.461. The van der Waals surface area contributed by atoms with Crippen molar-refractivity contribution < 1.29 is 9.53 Å². The molecule has 3 aromatic rings. The van der Waals surface area contributed by atoms with Crippen LogP contribution in [0, 0.1) is 12.3 Å². The second-order valence-corrected chi connectivity index (χ2v) is 11.1. The van der Waals surface area contributed by atoms with Crippen molar-refractivity contribution in [3.05, 3.63) is 58.4 Å². The Morgan fingerprint density at radius 1 is 1.11 bits per heavy atom. The van der Waals surface area contributed by atoms with Crippen LogP contribution in [-0.2, 0) is 17.8 Å². The summed E-state index contributed by atoms with van der Waals surface area (Å²) in [6, 6.07) is 10.1. The first kappa shape index (κ1) is 22.7. The minimum atomic E-state index is -0.0935. The molecular weight excluding hydrogens is 460 g/mol. The Balaban J connectivity index is 1.10. The molecule has 0 spiro atoms. The Morgan fingerprint density at radius 3 is 2.71 bits per heavy atom. The van der Waals surface area contributed by atoms with E-state index in [1.54, 1.807) is 6.20 Å². The van der Waals surface area contributed by atoms with Crippen molar-refractivity contribution in [2.75, 3.05) is 11.9 Å². The third-order valence-electron chi connectivity index (χ3n) is 8.56. The van der Waals surface area contributed by atoms with E-state index >= 15 is 0 Å². The van der Waals surface area contributed by atoms with Crippen LogP contribution in [0.4, 0.5) is 5.69 Å². The minimum Gasteiger partial charge on any atom is -0.482 e. The smallest absolute Gasteiger partial charge is 0.262 e.